The van der Waals surface area contributed by atoms with Crippen LogP contribution in [0.25, 0.3) is 11.1 Å². The van der Waals surface area contributed by atoms with Gasteiger partial charge in [0.25, 0.3) is 0 Å². The molecule has 0 spiro atoms. The maximum absolute atomic E-state index is 15.3. The van der Waals surface area contributed by atoms with Gasteiger partial charge in [-0.1, -0.05) is 103 Å². The molecule has 1 radical (unpaired) electrons. The highest BCUT2D eigenvalue weighted by Crippen LogP contribution is 2.45. The van der Waals surface area contributed by atoms with Gasteiger partial charge in [0, 0.05) is 30.5 Å². The molecular weight excluding hydrogens is 747 g/mol. The van der Waals surface area contributed by atoms with Gasteiger partial charge in [0.1, 0.15) is 23.7 Å². The number of fused-ring (bicyclic) bond motifs is 3. The summed E-state index contributed by atoms with van der Waals surface area (Å²) in [5, 5.41) is 2.80. The van der Waals surface area contributed by atoms with Crippen LogP contribution in [0.15, 0.2) is 133 Å². The van der Waals surface area contributed by atoms with Gasteiger partial charge in [0.2, 0.25) is 0 Å². The van der Waals surface area contributed by atoms with Crippen molar-refractivity contribution in [2.75, 3.05) is 27.4 Å². The third kappa shape index (κ3) is 8.29. The van der Waals surface area contributed by atoms with Crippen LogP contribution in [0.3, 0.4) is 0 Å². The normalized spacial score (nSPS) is 12.7. The van der Waals surface area contributed by atoms with E-state index >= 15 is 8.78 Å². The fraction of sp³-hybridized carbons (Fsp3) is 0.208. The van der Waals surface area contributed by atoms with Gasteiger partial charge < -0.3 is 24.3 Å². The van der Waals surface area contributed by atoms with Crippen molar-refractivity contribution in [2.45, 2.75) is 36.9 Å². The van der Waals surface area contributed by atoms with Crippen LogP contribution in [0, 0.1) is 29.7 Å². The van der Waals surface area contributed by atoms with E-state index < -0.39 is 46.6 Å². The van der Waals surface area contributed by atoms with Crippen LogP contribution in [0.2, 0.25) is 0 Å². The number of rotatable bonds is 16. The second-order valence-corrected chi connectivity index (χ2v) is 14.0. The van der Waals surface area contributed by atoms with E-state index in [-0.39, 0.29) is 31.6 Å². The molecule has 58 heavy (non-hydrogen) atoms. The number of methoxy groups -OCH3 is 2. The largest absolute Gasteiger partial charge is 0.497 e. The van der Waals surface area contributed by atoms with E-state index in [0.29, 0.717) is 41.0 Å². The molecule has 0 aliphatic heterocycles. The molecule has 0 heterocycles. The molecule has 6 nitrogen and oxygen atoms in total. The molecule has 1 aliphatic rings. The number of hydrogen-bond acceptors (Lipinski definition) is 5. The van der Waals surface area contributed by atoms with Crippen molar-refractivity contribution in [1.82, 2.24) is 5.32 Å². The molecule has 1 aliphatic carbocycles. The lowest BCUT2D eigenvalue weighted by Crippen LogP contribution is -2.37. The molecule has 1 amide bonds. The van der Waals surface area contributed by atoms with E-state index in [0.717, 1.165) is 28.7 Å². The zero-order valence-electron chi connectivity index (χ0n) is 32.0. The van der Waals surface area contributed by atoms with Gasteiger partial charge in [-0.25, -0.2) is 22.4 Å². The highest BCUT2D eigenvalue weighted by molar-refractivity contribution is 5.79. The average molecular weight is 789 g/mol. The first-order valence-electron chi connectivity index (χ1n) is 19.0. The van der Waals surface area contributed by atoms with Crippen LogP contribution in [0.1, 0.15) is 58.6 Å². The van der Waals surface area contributed by atoms with Gasteiger partial charge in [-0.3, -0.25) is 0 Å². The van der Waals surface area contributed by atoms with Crippen molar-refractivity contribution in [3.63, 3.8) is 0 Å². The van der Waals surface area contributed by atoms with Gasteiger partial charge in [0.05, 0.1) is 20.3 Å². The van der Waals surface area contributed by atoms with E-state index in [4.69, 9.17) is 18.9 Å². The van der Waals surface area contributed by atoms with Crippen LogP contribution < -0.4 is 14.8 Å². The number of benzene rings is 6. The lowest BCUT2D eigenvalue weighted by Gasteiger charge is -2.39. The summed E-state index contributed by atoms with van der Waals surface area (Å²) in [5.74, 6) is -5.06. The third-order valence-electron chi connectivity index (χ3n) is 10.5. The Morgan fingerprint density at radius 1 is 0.672 bits per heavy atom. The number of hydrogen-bond donors (Lipinski definition) is 1. The van der Waals surface area contributed by atoms with E-state index in [9.17, 15) is 13.6 Å². The molecule has 0 saturated heterocycles. The first kappa shape index (κ1) is 40.1. The summed E-state index contributed by atoms with van der Waals surface area (Å²) in [6, 6.07) is 40.0. The van der Waals surface area contributed by atoms with Crippen LogP contribution in [0.4, 0.5) is 22.4 Å². The summed E-state index contributed by atoms with van der Waals surface area (Å²) in [6.45, 7) is 0.381. The van der Waals surface area contributed by atoms with Gasteiger partial charge in [-0.15, -0.1) is 0 Å². The van der Waals surface area contributed by atoms with Crippen molar-refractivity contribution in [1.29, 1.82) is 0 Å². The molecule has 0 unspecified atom stereocenters. The van der Waals surface area contributed by atoms with Crippen molar-refractivity contribution in [2.24, 2.45) is 0 Å². The summed E-state index contributed by atoms with van der Waals surface area (Å²) in [7, 11) is 3.10. The monoisotopic (exact) mass is 788 g/mol. The SMILES string of the molecule is COc1ccc(C(O[C@H]([CH]c2c(F)c(F)cc(F)c2F)CCCCNC(=O)OCC2c3ccccc3-c3ccccc32)(c2ccccc2)c2ccc(OC)cc2)cc1. The van der Waals surface area contributed by atoms with Crippen LogP contribution >= 0.6 is 0 Å². The Morgan fingerprint density at radius 3 is 1.71 bits per heavy atom. The molecule has 0 saturated carbocycles. The predicted octanol–water partition coefficient (Wildman–Crippen LogP) is 10.9. The van der Waals surface area contributed by atoms with Crippen LogP contribution in [-0.4, -0.2) is 39.6 Å². The topological polar surface area (TPSA) is 66.0 Å². The Morgan fingerprint density at radius 2 is 1.17 bits per heavy atom. The van der Waals surface area contributed by atoms with Crippen molar-refractivity contribution < 1.29 is 41.3 Å². The molecule has 6 aromatic carbocycles. The van der Waals surface area contributed by atoms with Crippen molar-refractivity contribution in [3.8, 4) is 22.6 Å². The second-order valence-electron chi connectivity index (χ2n) is 14.0. The number of alkyl carbamates (subject to hydrolysis) is 1. The molecule has 1 N–H and O–H groups in total. The molecule has 0 aromatic heterocycles. The standard InChI is InChI=1S/C48H42F4NO5/c1-55-34-23-19-32(20-24-34)48(31-12-4-3-5-13-31,33-21-25-35(56-2)26-22-33)58-36(28-41-45(51)43(49)29-44(50)46(41)52)14-10-11-27-53-47(54)57-30-42-39-17-8-6-15-37(39)38-16-7-9-18-40(38)42/h3-9,12-13,15-26,28-29,36,42H,10-11,14,27,30H2,1-2H3,(H,53,54)/t36-/m0/s1. The van der Waals surface area contributed by atoms with Gasteiger partial charge in [-0.2, -0.15) is 0 Å². The summed E-state index contributed by atoms with van der Waals surface area (Å²) >= 11 is 0. The Kier molecular flexibility index (Phi) is 12.4. The van der Waals surface area contributed by atoms with Gasteiger partial charge in [0.15, 0.2) is 23.3 Å². The number of carbonyl (C=O) groups is 1. The first-order chi connectivity index (χ1) is 28.2. The molecular formula is C48H42F4NO5. The molecule has 6 aromatic rings. The van der Waals surface area contributed by atoms with Gasteiger partial charge >= 0.3 is 6.09 Å². The number of nitrogens with one attached hydrogen (secondary N) is 1. The lowest BCUT2D eigenvalue weighted by atomic mass is 9.79. The maximum atomic E-state index is 15.3. The third-order valence-corrected chi connectivity index (χ3v) is 10.5. The second kappa shape index (κ2) is 18.0. The Hall–Kier alpha value is -6.13. The van der Waals surface area contributed by atoms with E-state index in [1.165, 1.54) is 0 Å². The predicted molar refractivity (Wildman–Crippen MR) is 214 cm³/mol. The molecule has 297 valence electrons. The van der Waals surface area contributed by atoms with Crippen molar-refractivity contribution in [3.05, 3.63) is 197 Å². The number of ether oxygens (including phenoxy) is 4. The van der Waals surface area contributed by atoms with Crippen molar-refractivity contribution >= 4 is 6.09 Å². The number of halogens is 4. The molecule has 7 rings (SSSR count). The summed E-state index contributed by atoms with van der Waals surface area (Å²) in [6.07, 6.45) is 0.322. The van der Waals surface area contributed by atoms with Crippen LogP contribution in [0.5, 0.6) is 11.5 Å². The fourth-order valence-corrected chi connectivity index (χ4v) is 7.67. The van der Waals surface area contributed by atoms with E-state index in [1.807, 2.05) is 91.0 Å². The highest BCUT2D eigenvalue weighted by atomic mass is 19.2. The molecule has 10 heteroatoms. The Bertz CT molecular complexity index is 2220. The minimum Gasteiger partial charge on any atom is -0.497 e. The Labute approximate surface area is 335 Å². The fourth-order valence-electron chi connectivity index (χ4n) is 7.67. The first-order valence-corrected chi connectivity index (χ1v) is 19.0. The maximum Gasteiger partial charge on any atom is 0.407 e. The number of carbonyl (C=O) groups excluding carboxylic acids is 1. The summed E-state index contributed by atoms with van der Waals surface area (Å²) < 4.78 is 83.4. The molecule has 1 atom stereocenters. The molecule has 0 fully saturated rings. The highest BCUT2D eigenvalue weighted by Gasteiger charge is 2.41. The van der Waals surface area contributed by atoms with Crippen LogP contribution in [-0.2, 0) is 15.1 Å². The zero-order chi connectivity index (χ0) is 40.6. The Balaban J connectivity index is 1.13. The van der Waals surface area contributed by atoms with Gasteiger partial charge in [-0.05, 0) is 82.5 Å². The number of unbranched alkanes of at least 4 members (excludes halogenated alkanes) is 1. The number of amides is 1. The minimum absolute atomic E-state index is 0.0960. The van der Waals surface area contributed by atoms with E-state index in [1.54, 1.807) is 38.5 Å². The summed E-state index contributed by atoms with van der Waals surface area (Å²) in [5.41, 5.74) is 4.10. The smallest absolute Gasteiger partial charge is 0.407 e. The van der Waals surface area contributed by atoms with E-state index in [2.05, 4.69) is 17.4 Å². The average Bonchev–Trinajstić information content (AvgIpc) is 3.59. The molecule has 0 bridgehead atoms. The minimum atomic E-state index is -1.54. The quantitative estimate of drug-likeness (QED) is 0.0458. The lowest BCUT2D eigenvalue weighted by molar-refractivity contribution is -0.0350. The summed E-state index contributed by atoms with van der Waals surface area (Å²) in [4.78, 5) is 12.9. The zero-order valence-corrected chi connectivity index (χ0v) is 32.0.